The van der Waals surface area contributed by atoms with Crippen LogP contribution in [0.5, 0.6) is 11.5 Å². The van der Waals surface area contributed by atoms with Crippen LogP contribution < -0.4 is 15.6 Å². The van der Waals surface area contributed by atoms with Gasteiger partial charge >= 0.3 is 0 Å². The predicted molar refractivity (Wildman–Crippen MR) is 93.3 cm³/mol. The molecule has 3 N–H and O–H groups in total. The second kappa shape index (κ2) is 6.37. The number of aromatic hydroxyl groups is 1. The molecule has 0 aliphatic carbocycles. The van der Waals surface area contributed by atoms with Crippen LogP contribution in [-0.4, -0.2) is 18.1 Å². The Morgan fingerprint density at radius 3 is 2.42 bits per heavy atom. The van der Waals surface area contributed by atoms with Crippen LogP contribution in [0.1, 0.15) is 30.0 Å². The zero-order chi connectivity index (χ0) is 17.2. The van der Waals surface area contributed by atoms with Crippen molar-refractivity contribution in [1.29, 1.82) is 0 Å². The number of hydrogen-bond acceptors (Lipinski definition) is 4. The van der Waals surface area contributed by atoms with E-state index in [2.05, 4.69) is 10.9 Å². The molecule has 0 saturated carbocycles. The van der Waals surface area contributed by atoms with Crippen molar-refractivity contribution >= 4 is 18.1 Å². The zero-order valence-corrected chi connectivity index (χ0v) is 13.7. The third-order valence-corrected chi connectivity index (χ3v) is 4.21. The molecule has 124 valence electrons. The quantitative estimate of drug-likeness (QED) is 0.756. The molecule has 0 spiro atoms. The van der Waals surface area contributed by atoms with Crippen LogP contribution in [0.4, 0.5) is 0 Å². The number of hydrazine groups is 1. The molecule has 2 aromatic carbocycles. The van der Waals surface area contributed by atoms with Crippen molar-refractivity contribution in [3.8, 4) is 11.5 Å². The van der Waals surface area contributed by atoms with Crippen molar-refractivity contribution in [3.05, 3.63) is 59.2 Å². The maximum atomic E-state index is 11.4. The van der Waals surface area contributed by atoms with Gasteiger partial charge in [0.1, 0.15) is 0 Å². The Labute approximate surface area is 140 Å². The van der Waals surface area contributed by atoms with Crippen LogP contribution >= 0.6 is 0 Å². The maximum absolute atomic E-state index is 11.4. The first kappa shape index (κ1) is 16.1. The zero-order valence-electron chi connectivity index (χ0n) is 13.7. The minimum Gasteiger partial charge on any atom is -0.504 e. The van der Waals surface area contributed by atoms with Crippen molar-refractivity contribution in [3.63, 3.8) is 0 Å². The molecule has 1 heterocycles. The maximum Gasteiger partial charge on any atom is 0.236 e. The number of ether oxygens (including phenoxy) is 1. The number of hydrogen-bond donors (Lipinski definition) is 3. The topological polar surface area (TPSA) is 70.6 Å². The van der Waals surface area contributed by atoms with Crippen LogP contribution in [0.15, 0.2) is 42.5 Å². The van der Waals surface area contributed by atoms with E-state index < -0.39 is 0 Å². The van der Waals surface area contributed by atoms with E-state index in [1.54, 1.807) is 12.1 Å². The van der Waals surface area contributed by atoms with Crippen LogP contribution in [0.2, 0.25) is 0 Å². The predicted octanol–water partition coefficient (Wildman–Crippen LogP) is 2.81. The molecule has 0 aromatic heterocycles. The number of carbonyl (C=O) groups excluding carboxylic acids is 1. The highest BCUT2D eigenvalue weighted by atomic mass is 16.5. The molecular formula is C19H20N2O3. The molecule has 3 rings (SSSR count). The van der Waals surface area contributed by atoms with Crippen molar-refractivity contribution in [2.45, 2.75) is 18.9 Å². The lowest BCUT2D eigenvalue weighted by molar-refractivity contribution is -0.119. The number of benzene rings is 2. The number of methoxy groups -OCH3 is 1. The fraction of sp³-hybridized carbons (Fsp3) is 0.211. The lowest BCUT2D eigenvalue weighted by atomic mass is 9.90. The van der Waals surface area contributed by atoms with Gasteiger partial charge in [-0.15, -0.1) is 0 Å². The summed E-state index contributed by atoms with van der Waals surface area (Å²) in [6.45, 7) is 2.00. The molecule has 5 nitrogen and oxygen atoms in total. The van der Waals surface area contributed by atoms with E-state index in [0.29, 0.717) is 12.2 Å². The molecule has 1 atom stereocenters. The lowest BCUT2D eigenvalue weighted by Crippen LogP contribution is -2.38. The summed E-state index contributed by atoms with van der Waals surface area (Å²) in [5, 5.41) is 9.61. The molecule has 1 fully saturated rings. The Bertz CT molecular complexity index is 784. The standard InChI is InChI=1S/C19H20N2O3/c1-19(12-18(23)20-21-19)15-8-5-13(6-9-15)3-4-14-7-10-16(22)17(11-14)24-2/h3-11,21-22H,12H2,1-2H3,(H,20,23). The SMILES string of the molecule is COc1cc(C=Cc2ccc(C3(C)CC(=O)NN3)cc2)ccc1O. The fourth-order valence-corrected chi connectivity index (χ4v) is 2.74. The largest absolute Gasteiger partial charge is 0.504 e. The first-order valence-corrected chi connectivity index (χ1v) is 7.72. The van der Waals surface area contributed by atoms with Crippen LogP contribution in [0.25, 0.3) is 12.2 Å². The Morgan fingerprint density at radius 2 is 1.79 bits per heavy atom. The smallest absolute Gasteiger partial charge is 0.236 e. The van der Waals surface area contributed by atoms with Crippen LogP contribution in [-0.2, 0) is 10.3 Å². The van der Waals surface area contributed by atoms with Gasteiger partial charge in [-0.25, -0.2) is 5.43 Å². The van der Waals surface area contributed by atoms with Gasteiger partial charge in [0.2, 0.25) is 5.91 Å². The third-order valence-electron chi connectivity index (χ3n) is 4.21. The summed E-state index contributed by atoms with van der Waals surface area (Å²) in [4.78, 5) is 11.4. The van der Waals surface area contributed by atoms with Gasteiger partial charge in [-0.3, -0.25) is 10.2 Å². The highest BCUT2D eigenvalue weighted by Gasteiger charge is 2.34. The third kappa shape index (κ3) is 3.26. The summed E-state index contributed by atoms with van der Waals surface area (Å²) < 4.78 is 5.11. The molecule has 1 aliphatic heterocycles. The lowest BCUT2D eigenvalue weighted by Gasteiger charge is -2.22. The summed E-state index contributed by atoms with van der Waals surface area (Å²) in [5.41, 5.74) is 8.36. The second-order valence-electron chi connectivity index (χ2n) is 6.07. The first-order valence-electron chi connectivity index (χ1n) is 7.72. The van der Waals surface area contributed by atoms with Gasteiger partial charge in [-0.05, 0) is 35.7 Å². The normalized spacial score (nSPS) is 20.3. The average Bonchev–Trinajstić information content (AvgIpc) is 2.95. The van der Waals surface area contributed by atoms with Crippen LogP contribution in [0, 0.1) is 0 Å². The van der Waals surface area contributed by atoms with E-state index in [1.165, 1.54) is 7.11 Å². The summed E-state index contributed by atoms with van der Waals surface area (Å²) in [7, 11) is 1.53. The van der Waals surface area contributed by atoms with E-state index in [0.717, 1.165) is 16.7 Å². The Balaban J connectivity index is 1.76. The number of carbonyl (C=O) groups is 1. The first-order chi connectivity index (χ1) is 11.5. The van der Waals surface area contributed by atoms with E-state index in [1.807, 2.05) is 49.4 Å². The Morgan fingerprint density at radius 1 is 1.12 bits per heavy atom. The van der Waals surface area contributed by atoms with Crippen molar-refractivity contribution < 1.29 is 14.6 Å². The number of phenolic OH excluding ortho intramolecular Hbond substituents is 1. The Kier molecular flexibility index (Phi) is 4.27. The molecule has 0 bridgehead atoms. The average molecular weight is 324 g/mol. The molecule has 1 amide bonds. The molecule has 2 aromatic rings. The van der Waals surface area contributed by atoms with Crippen molar-refractivity contribution in [1.82, 2.24) is 10.9 Å². The van der Waals surface area contributed by atoms with Gasteiger partial charge in [0.25, 0.3) is 0 Å². The highest BCUT2D eigenvalue weighted by molar-refractivity contribution is 5.79. The molecule has 0 radical (unpaired) electrons. The minimum atomic E-state index is -0.371. The number of amides is 1. The number of rotatable bonds is 4. The van der Waals surface area contributed by atoms with E-state index in [4.69, 9.17) is 4.74 Å². The van der Waals surface area contributed by atoms with Gasteiger partial charge in [0.15, 0.2) is 11.5 Å². The molecule has 24 heavy (non-hydrogen) atoms. The fourth-order valence-electron chi connectivity index (χ4n) is 2.74. The monoisotopic (exact) mass is 324 g/mol. The van der Waals surface area contributed by atoms with E-state index in [9.17, 15) is 9.90 Å². The van der Waals surface area contributed by atoms with Gasteiger partial charge in [-0.1, -0.05) is 42.5 Å². The van der Waals surface area contributed by atoms with Gasteiger partial charge < -0.3 is 9.84 Å². The summed E-state index contributed by atoms with van der Waals surface area (Å²) in [5.74, 6) is 0.576. The number of phenols is 1. The van der Waals surface area contributed by atoms with Crippen molar-refractivity contribution in [2.24, 2.45) is 0 Å². The van der Waals surface area contributed by atoms with Gasteiger partial charge in [0.05, 0.1) is 19.1 Å². The van der Waals surface area contributed by atoms with Crippen molar-refractivity contribution in [2.75, 3.05) is 7.11 Å². The highest BCUT2D eigenvalue weighted by Crippen LogP contribution is 2.28. The Hall–Kier alpha value is -2.79. The van der Waals surface area contributed by atoms with E-state index >= 15 is 0 Å². The summed E-state index contributed by atoms with van der Waals surface area (Å²) in [6.07, 6.45) is 4.37. The molecule has 1 aliphatic rings. The number of nitrogens with one attached hydrogen (secondary N) is 2. The summed E-state index contributed by atoms with van der Waals surface area (Å²) in [6, 6.07) is 13.3. The van der Waals surface area contributed by atoms with Crippen LogP contribution in [0.3, 0.4) is 0 Å². The molecule has 1 unspecified atom stereocenters. The van der Waals surface area contributed by atoms with Gasteiger partial charge in [-0.2, -0.15) is 0 Å². The summed E-state index contributed by atoms with van der Waals surface area (Å²) >= 11 is 0. The minimum absolute atomic E-state index is 0.00255. The second-order valence-corrected chi connectivity index (χ2v) is 6.07. The molecule has 1 saturated heterocycles. The molecule has 5 heteroatoms. The van der Waals surface area contributed by atoms with Gasteiger partial charge in [0, 0.05) is 0 Å². The molecular weight excluding hydrogens is 304 g/mol. The van der Waals surface area contributed by atoms with E-state index in [-0.39, 0.29) is 17.2 Å².